The van der Waals surface area contributed by atoms with Gasteiger partial charge in [-0.1, -0.05) is 12.1 Å². The van der Waals surface area contributed by atoms with Gasteiger partial charge < -0.3 is 14.3 Å². The molecule has 2 aromatic heterocycles. The Morgan fingerprint density at radius 3 is 2.77 bits per heavy atom. The highest BCUT2D eigenvalue weighted by Gasteiger charge is 2.17. The Morgan fingerprint density at radius 1 is 1.23 bits per heavy atom. The van der Waals surface area contributed by atoms with Crippen LogP contribution in [0.4, 0.5) is 11.6 Å². The number of rotatable bonds is 6. The molecule has 0 spiro atoms. The number of anilines is 1. The zero-order valence-electron chi connectivity index (χ0n) is 16.7. The first-order chi connectivity index (χ1) is 14.5. The number of aromatic nitrogens is 3. The summed E-state index contributed by atoms with van der Waals surface area (Å²) in [6, 6.07) is 14.3. The van der Waals surface area contributed by atoms with Gasteiger partial charge >= 0.3 is 0 Å². The van der Waals surface area contributed by atoms with Gasteiger partial charge in [0.1, 0.15) is 5.75 Å². The molecule has 2 N–H and O–H groups in total. The first kappa shape index (κ1) is 19.2. The van der Waals surface area contributed by atoms with Crippen molar-refractivity contribution in [2.45, 2.75) is 13.8 Å². The molecule has 30 heavy (non-hydrogen) atoms. The van der Waals surface area contributed by atoms with Crippen molar-refractivity contribution in [2.75, 3.05) is 12.5 Å². The average Bonchev–Trinajstić information content (AvgIpc) is 3.27. The van der Waals surface area contributed by atoms with Crippen LogP contribution in [0.2, 0.25) is 0 Å². The minimum Gasteiger partial charge on any atom is -0.494 e. The molecule has 0 atom stereocenters. The van der Waals surface area contributed by atoms with Gasteiger partial charge in [-0.05, 0) is 38.1 Å². The maximum atomic E-state index is 11.1. The van der Waals surface area contributed by atoms with E-state index < -0.39 is 4.92 Å². The Bertz CT molecular complexity index is 1240. The molecule has 0 aliphatic heterocycles. The predicted octanol–water partition coefficient (Wildman–Crippen LogP) is 4.33. The van der Waals surface area contributed by atoms with E-state index in [0.29, 0.717) is 11.7 Å². The van der Waals surface area contributed by atoms with E-state index in [1.54, 1.807) is 12.3 Å². The number of nitrogens with one attached hydrogen (secondary N) is 2. The molecule has 4 rings (SSSR count). The Labute approximate surface area is 172 Å². The van der Waals surface area contributed by atoms with Gasteiger partial charge in [-0.15, -0.1) is 0 Å². The van der Waals surface area contributed by atoms with Gasteiger partial charge in [0.2, 0.25) is 5.95 Å². The van der Waals surface area contributed by atoms with Crippen LogP contribution in [0.5, 0.6) is 5.75 Å². The Kier molecular flexibility index (Phi) is 4.93. The van der Waals surface area contributed by atoms with E-state index in [4.69, 9.17) is 4.74 Å². The highest BCUT2D eigenvalue weighted by Crippen LogP contribution is 2.31. The largest absolute Gasteiger partial charge is 0.494 e. The van der Waals surface area contributed by atoms with Gasteiger partial charge in [0.05, 0.1) is 41.0 Å². The molecular weight excluding hydrogens is 384 g/mol. The second-order valence-electron chi connectivity index (χ2n) is 6.75. The van der Waals surface area contributed by atoms with Crippen molar-refractivity contribution in [1.82, 2.24) is 14.5 Å². The topological polar surface area (TPSA) is 110 Å². The number of nitro groups is 1. The van der Waals surface area contributed by atoms with E-state index in [-0.39, 0.29) is 5.69 Å². The number of para-hydroxylation sites is 2. The molecule has 0 saturated heterocycles. The van der Waals surface area contributed by atoms with E-state index in [9.17, 15) is 10.1 Å². The quantitative estimate of drug-likeness (QED) is 0.282. The van der Waals surface area contributed by atoms with Crippen molar-refractivity contribution in [2.24, 2.45) is 5.10 Å². The molecule has 9 heteroatoms. The number of nitrogens with zero attached hydrogens (tertiary/aromatic N) is 4. The lowest BCUT2D eigenvalue weighted by molar-refractivity contribution is -0.384. The van der Waals surface area contributed by atoms with Gasteiger partial charge in [-0.25, -0.2) is 10.4 Å². The fourth-order valence-electron chi connectivity index (χ4n) is 3.42. The SMILES string of the molecule is COc1cc([N+](=O)[O-])ccc1-n1c(C)cc(/C=N\Nc2nc3ccccc3[nH]2)c1C. The van der Waals surface area contributed by atoms with Gasteiger partial charge in [0.25, 0.3) is 5.69 Å². The Balaban J connectivity index is 1.62. The molecule has 4 aromatic rings. The van der Waals surface area contributed by atoms with Crippen LogP contribution in [-0.4, -0.2) is 32.8 Å². The number of imidazole rings is 1. The van der Waals surface area contributed by atoms with E-state index in [0.717, 1.165) is 33.7 Å². The van der Waals surface area contributed by atoms with Crippen molar-refractivity contribution < 1.29 is 9.66 Å². The van der Waals surface area contributed by atoms with Crippen LogP contribution in [-0.2, 0) is 0 Å². The summed E-state index contributed by atoms with van der Waals surface area (Å²) < 4.78 is 7.37. The Morgan fingerprint density at radius 2 is 2.03 bits per heavy atom. The first-order valence-corrected chi connectivity index (χ1v) is 9.23. The molecule has 152 valence electrons. The van der Waals surface area contributed by atoms with Crippen molar-refractivity contribution in [3.05, 3.63) is 75.6 Å². The predicted molar refractivity (Wildman–Crippen MR) is 116 cm³/mol. The number of benzene rings is 2. The van der Waals surface area contributed by atoms with E-state index >= 15 is 0 Å². The molecule has 0 aliphatic carbocycles. The summed E-state index contributed by atoms with van der Waals surface area (Å²) in [5.41, 5.74) is 8.18. The van der Waals surface area contributed by atoms with Crippen LogP contribution >= 0.6 is 0 Å². The molecule has 9 nitrogen and oxygen atoms in total. The van der Waals surface area contributed by atoms with Gasteiger partial charge in [0, 0.05) is 23.0 Å². The van der Waals surface area contributed by atoms with Crippen LogP contribution in [0.3, 0.4) is 0 Å². The van der Waals surface area contributed by atoms with Crippen LogP contribution in [0.15, 0.2) is 53.6 Å². The van der Waals surface area contributed by atoms with E-state index in [2.05, 4.69) is 20.5 Å². The monoisotopic (exact) mass is 404 g/mol. The minimum absolute atomic E-state index is 0.0186. The van der Waals surface area contributed by atoms with Crippen molar-refractivity contribution in [3.8, 4) is 11.4 Å². The second-order valence-corrected chi connectivity index (χ2v) is 6.75. The van der Waals surface area contributed by atoms with Crippen molar-refractivity contribution >= 4 is 28.9 Å². The van der Waals surface area contributed by atoms with E-state index in [1.165, 1.54) is 19.2 Å². The van der Waals surface area contributed by atoms with Crippen molar-refractivity contribution in [3.63, 3.8) is 0 Å². The van der Waals surface area contributed by atoms with Crippen LogP contribution in [0.1, 0.15) is 17.0 Å². The summed E-state index contributed by atoms with van der Waals surface area (Å²) in [6.45, 7) is 3.91. The normalized spacial score (nSPS) is 11.3. The smallest absolute Gasteiger partial charge is 0.273 e. The molecule has 0 radical (unpaired) electrons. The fraction of sp³-hybridized carbons (Fsp3) is 0.143. The molecule has 0 saturated carbocycles. The summed E-state index contributed by atoms with van der Waals surface area (Å²) in [5, 5.41) is 15.4. The summed E-state index contributed by atoms with van der Waals surface area (Å²) >= 11 is 0. The number of aryl methyl sites for hydroxylation is 1. The molecule has 0 aliphatic rings. The first-order valence-electron chi connectivity index (χ1n) is 9.23. The number of methoxy groups -OCH3 is 1. The minimum atomic E-state index is -0.441. The number of hydrazone groups is 1. The standard InChI is InChI=1S/C21H20N6O3/c1-13-10-15(12-22-25-21-23-17-6-4-5-7-18(17)24-21)14(2)26(13)19-9-8-16(27(28)29)11-20(19)30-3/h4-12H,1-3H3,(H2,23,24,25)/b22-12-. The molecule has 0 amide bonds. The zero-order valence-corrected chi connectivity index (χ0v) is 16.7. The third-order valence-corrected chi connectivity index (χ3v) is 4.85. The maximum absolute atomic E-state index is 11.1. The lowest BCUT2D eigenvalue weighted by Gasteiger charge is -2.13. The number of hydrogen-bond donors (Lipinski definition) is 2. The number of non-ortho nitro benzene ring substituents is 1. The third-order valence-electron chi connectivity index (χ3n) is 4.85. The van der Waals surface area contributed by atoms with Crippen LogP contribution in [0.25, 0.3) is 16.7 Å². The molecule has 0 bridgehead atoms. The molecule has 0 fully saturated rings. The highest BCUT2D eigenvalue weighted by molar-refractivity contribution is 5.83. The highest BCUT2D eigenvalue weighted by atomic mass is 16.6. The average molecular weight is 404 g/mol. The number of hydrogen-bond acceptors (Lipinski definition) is 6. The molecular formula is C21H20N6O3. The number of fused-ring (bicyclic) bond motifs is 1. The number of aromatic amines is 1. The van der Waals surface area contributed by atoms with Crippen LogP contribution < -0.4 is 10.2 Å². The van der Waals surface area contributed by atoms with E-state index in [1.807, 2.05) is 48.7 Å². The van der Waals surface area contributed by atoms with Gasteiger partial charge in [-0.3, -0.25) is 10.1 Å². The molecule has 2 aromatic carbocycles. The summed E-state index contributed by atoms with van der Waals surface area (Å²) in [5.74, 6) is 0.980. The summed E-state index contributed by atoms with van der Waals surface area (Å²) in [7, 11) is 1.50. The van der Waals surface area contributed by atoms with Crippen LogP contribution in [0, 0.1) is 24.0 Å². The van der Waals surface area contributed by atoms with Gasteiger partial charge in [0.15, 0.2) is 0 Å². The lowest BCUT2D eigenvalue weighted by atomic mass is 10.2. The lowest BCUT2D eigenvalue weighted by Crippen LogP contribution is -2.03. The molecule has 2 heterocycles. The van der Waals surface area contributed by atoms with Crippen molar-refractivity contribution in [1.29, 1.82) is 0 Å². The fourth-order valence-corrected chi connectivity index (χ4v) is 3.42. The summed E-state index contributed by atoms with van der Waals surface area (Å²) in [4.78, 5) is 18.2. The van der Waals surface area contributed by atoms with Gasteiger partial charge in [-0.2, -0.15) is 5.10 Å². The second kappa shape index (κ2) is 7.70. The molecule has 0 unspecified atom stereocenters. The third kappa shape index (κ3) is 3.48. The summed E-state index contributed by atoms with van der Waals surface area (Å²) in [6.07, 6.45) is 1.71. The number of ether oxygens (including phenoxy) is 1. The number of H-pyrrole nitrogens is 1. The zero-order chi connectivity index (χ0) is 21.3. The maximum Gasteiger partial charge on any atom is 0.273 e. The number of nitro benzene ring substituents is 1. The Hall–Kier alpha value is -4.14.